The minimum atomic E-state index is -3.51. The Morgan fingerprint density at radius 3 is 2.29 bits per heavy atom. The van der Waals surface area contributed by atoms with Crippen molar-refractivity contribution in [1.29, 1.82) is 0 Å². The molecule has 28 heavy (non-hydrogen) atoms. The average Bonchev–Trinajstić information content (AvgIpc) is 2.68. The zero-order valence-corrected chi connectivity index (χ0v) is 17.0. The SMILES string of the molecule is CCN(CC)S(=O)(=O)c1ccc([C@@H](C)NC(=O)/C=C/c2ccccc2F)cc1. The third-order valence-corrected chi connectivity index (χ3v) is 6.47. The molecule has 0 bridgehead atoms. The van der Waals surface area contributed by atoms with Gasteiger partial charge in [0.15, 0.2) is 0 Å². The molecule has 0 aromatic heterocycles. The van der Waals surface area contributed by atoms with Crippen LogP contribution in [0.1, 0.15) is 37.9 Å². The van der Waals surface area contributed by atoms with Crippen LogP contribution in [-0.4, -0.2) is 31.7 Å². The number of nitrogens with one attached hydrogen (secondary N) is 1. The fourth-order valence-electron chi connectivity index (χ4n) is 2.76. The zero-order valence-electron chi connectivity index (χ0n) is 16.2. The van der Waals surface area contributed by atoms with Gasteiger partial charge in [-0.3, -0.25) is 4.79 Å². The third kappa shape index (κ3) is 5.27. The van der Waals surface area contributed by atoms with E-state index in [4.69, 9.17) is 0 Å². The Morgan fingerprint density at radius 1 is 1.11 bits per heavy atom. The van der Waals surface area contributed by atoms with E-state index in [1.807, 2.05) is 0 Å². The predicted molar refractivity (Wildman–Crippen MR) is 109 cm³/mol. The van der Waals surface area contributed by atoms with Gasteiger partial charge >= 0.3 is 0 Å². The number of hydrogen-bond donors (Lipinski definition) is 1. The zero-order chi connectivity index (χ0) is 20.7. The quantitative estimate of drug-likeness (QED) is 0.682. The fraction of sp³-hybridized carbons (Fsp3) is 0.286. The molecule has 1 N–H and O–H groups in total. The standard InChI is InChI=1S/C21H25FN2O3S/c1-4-24(5-2)28(26,27)19-13-10-17(11-14-19)16(3)23-21(25)15-12-18-8-6-7-9-20(18)22/h6-16H,4-5H2,1-3H3,(H,23,25)/b15-12+/t16-/m1/s1. The summed E-state index contributed by atoms with van der Waals surface area (Å²) in [5, 5.41) is 2.78. The summed E-state index contributed by atoms with van der Waals surface area (Å²) in [5.41, 5.74) is 1.10. The Bertz CT molecular complexity index is 936. The summed E-state index contributed by atoms with van der Waals surface area (Å²) in [5.74, 6) is -0.764. The molecule has 0 spiro atoms. The Kier molecular flexibility index (Phi) is 7.48. The molecule has 0 saturated heterocycles. The van der Waals surface area contributed by atoms with Crippen molar-refractivity contribution in [3.8, 4) is 0 Å². The highest BCUT2D eigenvalue weighted by molar-refractivity contribution is 7.89. The highest BCUT2D eigenvalue weighted by Crippen LogP contribution is 2.19. The lowest BCUT2D eigenvalue weighted by Crippen LogP contribution is -2.30. The van der Waals surface area contributed by atoms with Crippen LogP contribution in [0.2, 0.25) is 0 Å². The van der Waals surface area contributed by atoms with E-state index in [9.17, 15) is 17.6 Å². The van der Waals surface area contributed by atoms with E-state index >= 15 is 0 Å². The minimum absolute atomic E-state index is 0.220. The van der Waals surface area contributed by atoms with Crippen LogP contribution >= 0.6 is 0 Å². The van der Waals surface area contributed by atoms with Crippen molar-refractivity contribution in [3.63, 3.8) is 0 Å². The molecule has 0 saturated carbocycles. The molecule has 2 aromatic carbocycles. The van der Waals surface area contributed by atoms with Crippen molar-refractivity contribution >= 4 is 22.0 Å². The number of halogens is 1. The number of carbonyl (C=O) groups excluding carboxylic acids is 1. The van der Waals surface area contributed by atoms with Crippen molar-refractivity contribution < 1.29 is 17.6 Å². The van der Waals surface area contributed by atoms with Crippen molar-refractivity contribution in [2.45, 2.75) is 31.7 Å². The van der Waals surface area contributed by atoms with Gasteiger partial charge in [0.1, 0.15) is 5.82 Å². The van der Waals surface area contributed by atoms with Gasteiger partial charge in [0, 0.05) is 24.7 Å². The molecular formula is C21H25FN2O3S. The smallest absolute Gasteiger partial charge is 0.244 e. The van der Waals surface area contributed by atoms with Gasteiger partial charge < -0.3 is 5.32 Å². The van der Waals surface area contributed by atoms with Gasteiger partial charge in [-0.15, -0.1) is 0 Å². The topological polar surface area (TPSA) is 66.5 Å². The van der Waals surface area contributed by atoms with E-state index in [1.165, 1.54) is 22.5 Å². The first kappa shape index (κ1) is 21.8. The van der Waals surface area contributed by atoms with Gasteiger partial charge in [-0.1, -0.05) is 44.2 Å². The first-order valence-corrected chi connectivity index (χ1v) is 10.6. The van der Waals surface area contributed by atoms with Crippen LogP contribution in [0.4, 0.5) is 4.39 Å². The molecule has 5 nitrogen and oxygen atoms in total. The first-order chi connectivity index (χ1) is 13.3. The molecule has 0 aliphatic heterocycles. The first-order valence-electron chi connectivity index (χ1n) is 9.12. The van der Waals surface area contributed by atoms with Crippen molar-refractivity contribution in [1.82, 2.24) is 9.62 Å². The van der Waals surface area contributed by atoms with Gasteiger partial charge in [-0.2, -0.15) is 4.31 Å². The number of benzene rings is 2. The average molecular weight is 405 g/mol. The summed E-state index contributed by atoms with van der Waals surface area (Å²) in [7, 11) is -3.51. The highest BCUT2D eigenvalue weighted by Gasteiger charge is 2.21. The predicted octanol–water partition coefficient (Wildman–Crippen LogP) is 3.75. The van der Waals surface area contributed by atoms with E-state index in [0.717, 1.165) is 5.56 Å². The molecule has 0 heterocycles. The van der Waals surface area contributed by atoms with E-state index in [0.29, 0.717) is 18.7 Å². The Labute approximate surface area is 165 Å². The number of carbonyl (C=O) groups is 1. The molecule has 0 radical (unpaired) electrons. The number of sulfonamides is 1. The summed E-state index contributed by atoms with van der Waals surface area (Å²) in [4.78, 5) is 12.3. The lowest BCUT2D eigenvalue weighted by Gasteiger charge is -2.19. The number of hydrogen-bond acceptors (Lipinski definition) is 3. The van der Waals surface area contributed by atoms with E-state index in [-0.39, 0.29) is 16.8 Å². The molecule has 7 heteroatoms. The summed E-state index contributed by atoms with van der Waals surface area (Å²) in [6, 6.07) is 12.3. The number of amides is 1. The van der Waals surface area contributed by atoms with Crippen molar-refractivity contribution in [2.24, 2.45) is 0 Å². The third-order valence-electron chi connectivity index (χ3n) is 4.40. The summed E-state index contributed by atoms with van der Waals surface area (Å²) >= 11 is 0. The molecule has 1 atom stereocenters. The van der Waals surface area contributed by atoms with Gasteiger partial charge in [0.25, 0.3) is 0 Å². The molecule has 1 amide bonds. The van der Waals surface area contributed by atoms with E-state index < -0.39 is 15.8 Å². The molecule has 0 aliphatic rings. The second-order valence-corrected chi connectivity index (χ2v) is 8.18. The Hall–Kier alpha value is -2.51. The molecule has 0 aliphatic carbocycles. The monoisotopic (exact) mass is 404 g/mol. The number of nitrogens with zero attached hydrogens (tertiary/aromatic N) is 1. The molecule has 0 fully saturated rings. The largest absolute Gasteiger partial charge is 0.346 e. The molecular weight excluding hydrogens is 379 g/mol. The Balaban J connectivity index is 2.06. The second-order valence-electron chi connectivity index (χ2n) is 6.24. The van der Waals surface area contributed by atoms with Gasteiger partial charge in [0.2, 0.25) is 15.9 Å². The van der Waals surface area contributed by atoms with Crippen LogP contribution in [0, 0.1) is 5.82 Å². The molecule has 150 valence electrons. The maximum absolute atomic E-state index is 13.6. The van der Waals surface area contributed by atoms with E-state index in [1.54, 1.807) is 63.2 Å². The van der Waals surface area contributed by atoms with Crippen LogP contribution in [0.25, 0.3) is 6.08 Å². The van der Waals surface area contributed by atoms with Crippen LogP contribution in [-0.2, 0) is 14.8 Å². The van der Waals surface area contributed by atoms with E-state index in [2.05, 4.69) is 5.32 Å². The fourth-order valence-corrected chi connectivity index (χ4v) is 4.22. The number of rotatable bonds is 8. The van der Waals surface area contributed by atoms with Gasteiger partial charge in [-0.25, -0.2) is 12.8 Å². The summed E-state index contributed by atoms with van der Waals surface area (Å²) < 4.78 is 40.0. The van der Waals surface area contributed by atoms with Crippen molar-refractivity contribution in [3.05, 3.63) is 71.6 Å². The lowest BCUT2D eigenvalue weighted by atomic mass is 10.1. The normalized spacial score (nSPS) is 13.0. The second kappa shape index (κ2) is 9.61. The highest BCUT2D eigenvalue weighted by atomic mass is 32.2. The van der Waals surface area contributed by atoms with Crippen LogP contribution in [0.15, 0.2) is 59.5 Å². The summed E-state index contributed by atoms with van der Waals surface area (Å²) in [6.45, 7) is 6.19. The summed E-state index contributed by atoms with van der Waals surface area (Å²) in [6.07, 6.45) is 2.69. The van der Waals surface area contributed by atoms with Crippen LogP contribution in [0.5, 0.6) is 0 Å². The van der Waals surface area contributed by atoms with Crippen molar-refractivity contribution in [2.75, 3.05) is 13.1 Å². The Morgan fingerprint density at radius 2 is 1.71 bits per heavy atom. The van der Waals surface area contributed by atoms with Gasteiger partial charge in [0.05, 0.1) is 10.9 Å². The maximum atomic E-state index is 13.6. The van der Waals surface area contributed by atoms with Crippen LogP contribution in [0.3, 0.4) is 0 Å². The van der Waals surface area contributed by atoms with Gasteiger partial charge in [-0.05, 0) is 36.8 Å². The lowest BCUT2D eigenvalue weighted by molar-refractivity contribution is -0.117. The molecule has 2 aromatic rings. The maximum Gasteiger partial charge on any atom is 0.244 e. The minimum Gasteiger partial charge on any atom is -0.346 e. The van der Waals surface area contributed by atoms with Crippen LogP contribution < -0.4 is 5.32 Å². The molecule has 2 rings (SSSR count). The molecule has 0 unspecified atom stereocenters.